The highest BCUT2D eigenvalue weighted by molar-refractivity contribution is 7.10. The van der Waals surface area contributed by atoms with Crippen LogP contribution in [0.2, 0.25) is 0 Å². The lowest BCUT2D eigenvalue weighted by Gasteiger charge is -2.11. The van der Waals surface area contributed by atoms with Gasteiger partial charge in [-0.15, -0.1) is 11.3 Å². The summed E-state index contributed by atoms with van der Waals surface area (Å²) in [5.41, 5.74) is 1.55. The van der Waals surface area contributed by atoms with Crippen LogP contribution in [0, 0.1) is 6.92 Å². The Morgan fingerprint density at radius 3 is 2.52 bits per heavy atom. The fourth-order valence-corrected chi connectivity index (χ4v) is 3.13. The number of ketones is 1. The predicted octanol–water partition coefficient (Wildman–Crippen LogP) is 5.18. The number of hydrogen-bond donors (Lipinski definition) is 0. The topological polar surface area (TPSA) is 52.6 Å². The van der Waals surface area contributed by atoms with Crippen molar-refractivity contribution < 1.29 is 19.1 Å². The van der Waals surface area contributed by atoms with Crippen molar-refractivity contribution in [3.8, 4) is 11.5 Å². The third-order valence-corrected chi connectivity index (χ3v) is 4.80. The molecule has 136 valence electrons. The van der Waals surface area contributed by atoms with Crippen LogP contribution >= 0.6 is 11.3 Å². The van der Waals surface area contributed by atoms with Gasteiger partial charge in [-0.1, -0.05) is 24.3 Å². The second-order valence-electron chi connectivity index (χ2n) is 5.78. The highest BCUT2D eigenvalue weighted by Crippen LogP contribution is 2.27. The zero-order valence-corrected chi connectivity index (χ0v) is 15.8. The fraction of sp³-hybridized carbons (Fsp3) is 0.0909. The average molecular weight is 378 g/mol. The number of allylic oxidation sites excluding steroid dienone is 1. The van der Waals surface area contributed by atoms with Crippen molar-refractivity contribution in [3.63, 3.8) is 0 Å². The Kier molecular flexibility index (Phi) is 5.84. The summed E-state index contributed by atoms with van der Waals surface area (Å²) in [4.78, 5) is 26.2. The number of rotatable bonds is 6. The van der Waals surface area contributed by atoms with Crippen molar-refractivity contribution >= 4 is 29.2 Å². The SMILES string of the molecule is COc1ccc(C(=O)C=Cc2cccs2)c(OC(=O)c2ccccc2C)c1. The molecule has 3 aromatic rings. The summed E-state index contributed by atoms with van der Waals surface area (Å²) in [6.07, 6.45) is 3.21. The molecule has 1 aromatic heterocycles. The molecular formula is C22H18O4S. The maximum absolute atomic E-state index is 12.6. The second-order valence-corrected chi connectivity index (χ2v) is 6.76. The number of aryl methyl sites for hydroxylation is 1. The highest BCUT2D eigenvalue weighted by atomic mass is 32.1. The quantitative estimate of drug-likeness (QED) is 0.257. The Hall–Kier alpha value is -3.18. The van der Waals surface area contributed by atoms with Crippen LogP contribution in [0.3, 0.4) is 0 Å². The number of carbonyl (C=O) groups is 2. The molecule has 2 aromatic carbocycles. The van der Waals surface area contributed by atoms with Gasteiger partial charge in [0.1, 0.15) is 11.5 Å². The van der Waals surface area contributed by atoms with Crippen molar-refractivity contribution in [2.24, 2.45) is 0 Å². The maximum atomic E-state index is 12.6. The largest absolute Gasteiger partial charge is 0.497 e. The third kappa shape index (κ3) is 4.51. The van der Waals surface area contributed by atoms with Gasteiger partial charge in [0.15, 0.2) is 5.78 Å². The van der Waals surface area contributed by atoms with E-state index in [9.17, 15) is 9.59 Å². The van der Waals surface area contributed by atoms with Crippen molar-refractivity contribution in [1.29, 1.82) is 0 Å². The van der Waals surface area contributed by atoms with Gasteiger partial charge in [-0.2, -0.15) is 0 Å². The van der Waals surface area contributed by atoms with Gasteiger partial charge in [-0.05, 0) is 54.3 Å². The lowest BCUT2D eigenvalue weighted by atomic mass is 10.1. The Labute approximate surface area is 161 Å². The van der Waals surface area contributed by atoms with Crippen LogP contribution < -0.4 is 9.47 Å². The van der Waals surface area contributed by atoms with E-state index in [0.717, 1.165) is 10.4 Å². The van der Waals surface area contributed by atoms with Gasteiger partial charge in [0.05, 0.1) is 18.2 Å². The molecule has 0 unspecified atom stereocenters. The standard InChI is InChI=1S/C22H18O4S/c1-15-6-3-4-8-18(15)22(24)26-21-14-16(25-2)9-11-19(21)20(23)12-10-17-7-5-13-27-17/h3-14H,1-2H3. The number of benzene rings is 2. The predicted molar refractivity (Wildman–Crippen MR) is 107 cm³/mol. The zero-order valence-electron chi connectivity index (χ0n) is 15.0. The monoisotopic (exact) mass is 378 g/mol. The molecule has 3 rings (SSSR count). The van der Waals surface area contributed by atoms with E-state index in [-0.39, 0.29) is 11.5 Å². The van der Waals surface area contributed by atoms with Crippen LogP contribution in [0.1, 0.15) is 31.2 Å². The first kappa shape index (κ1) is 18.6. The molecule has 0 aliphatic carbocycles. The van der Waals surface area contributed by atoms with E-state index < -0.39 is 5.97 Å². The van der Waals surface area contributed by atoms with Crippen molar-refractivity contribution in [2.45, 2.75) is 6.92 Å². The van der Waals surface area contributed by atoms with Crippen LogP contribution in [0.25, 0.3) is 6.08 Å². The molecule has 0 saturated heterocycles. The van der Waals surface area contributed by atoms with Crippen LogP contribution in [0.4, 0.5) is 0 Å². The average Bonchev–Trinajstić information content (AvgIpc) is 3.20. The fourth-order valence-electron chi connectivity index (χ4n) is 2.51. The first-order chi connectivity index (χ1) is 13.1. The van der Waals surface area contributed by atoms with Gasteiger partial charge in [0, 0.05) is 10.9 Å². The van der Waals surface area contributed by atoms with E-state index in [0.29, 0.717) is 16.9 Å². The van der Waals surface area contributed by atoms with Crippen molar-refractivity contribution in [3.05, 3.63) is 87.6 Å². The van der Waals surface area contributed by atoms with E-state index >= 15 is 0 Å². The van der Waals surface area contributed by atoms with E-state index in [1.54, 1.807) is 36.4 Å². The minimum absolute atomic E-state index is 0.170. The molecule has 0 aliphatic heterocycles. The van der Waals surface area contributed by atoms with Gasteiger partial charge in [0.2, 0.25) is 0 Å². The smallest absolute Gasteiger partial charge is 0.343 e. The zero-order chi connectivity index (χ0) is 19.2. The van der Waals surface area contributed by atoms with Crippen LogP contribution in [0.15, 0.2) is 66.1 Å². The summed E-state index contributed by atoms with van der Waals surface area (Å²) in [6.45, 7) is 1.83. The molecular weight excluding hydrogens is 360 g/mol. The molecule has 0 amide bonds. The molecule has 0 aliphatic rings. The molecule has 1 heterocycles. The number of thiophene rings is 1. The Bertz CT molecular complexity index is 987. The van der Waals surface area contributed by atoms with Crippen LogP contribution in [-0.2, 0) is 0 Å². The summed E-state index contributed by atoms with van der Waals surface area (Å²) >= 11 is 1.54. The molecule has 4 nitrogen and oxygen atoms in total. The van der Waals surface area contributed by atoms with Crippen molar-refractivity contribution in [1.82, 2.24) is 0 Å². The second kappa shape index (κ2) is 8.47. The minimum Gasteiger partial charge on any atom is -0.497 e. The van der Waals surface area contributed by atoms with Gasteiger partial charge >= 0.3 is 5.97 Å². The van der Waals surface area contributed by atoms with Gasteiger partial charge in [0.25, 0.3) is 0 Å². The number of methoxy groups -OCH3 is 1. The van der Waals surface area contributed by atoms with E-state index in [1.807, 2.05) is 36.6 Å². The number of hydrogen-bond acceptors (Lipinski definition) is 5. The summed E-state index contributed by atoms with van der Waals surface area (Å²) in [5.74, 6) is -0.0962. The normalized spacial score (nSPS) is 10.7. The van der Waals surface area contributed by atoms with Crippen molar-refractivity contribution in [2.75, 3.05) is 7.11 Å². The van der Waals surface area contributed by atoms with Gasteiger partial charge < -0.3 is 9.47 Å². The lowest BCUT2D eigenvalue weighted by Crippen LogP contribution is -2.12. The summed E-state index contributed by atoms with van der Waals surface area (Å²) < 4.78 is 10.7. The molecule has 0 N–H and O–H groups in total. The number of carbonyl (C=O) groups excluding carboxylic acids is 2. The highest BCUT2D eigenvalue weighted by Gasteiger charge is 2.17. The molecule has 0 atom stereocenters. The Morgan fingerprint density at radius 1 is 1.00 bits per heavy atom. The first-order valence-electron chi connectivity index (χ1n) is 8.30. The van der Waals surface area contributed by atoms with E-state index in [2.05, 4.69) is 0 Å². The summed E-state index contributed by atoms with van der Waals surface area (Å²) in [6, 6.07) is 15.8. The molecule has 0 fully saturated rings. The number of esters is 1. The molecule has 27 heavy (non-hydrogen) atoms. The van der Waals surface area contributed by atoms with Gasteiger partial charge in [-0.25, -0.2) is 4.79 Å². The maximum Gasteiger partial charge on any atom is 0.343 e. The Balaban J connectivity index is 1.90. The number of ether oxygens (including phenoxy) is 2. The van der Waals surface area contributed by atoms with E-state index in [1.165, 1.54) is 24.5 Å². The van der Waals surface area contributed by atoms with Crippen LogP contribution in [-0.4, -0.2) is 18.9 Å². The molecule has 0 saturated carbocycles. The molecule has 5 heteroatoms. The lowest BCUT2D eigenvalue weighted by molar-refractivity contribution is 0.0732. The van der Waals surface area contributed by atoms with E-state index in [4.69, 9.17) is 9.47 Å². The van der Waals surface area contributed by atoms with Gasteiger partial charge in [-0.3, -0.25) is 4.79 Å². The molecule has 0 radical (unpaired) electrons. The summed E-state index contributed by atoms with van der Waals surface area (Å²) in [5, 5.41) is 1.94. The molecule has 0 bridgehead atoms. The summed E-state index contributed by atoms with van der Waals surface area (Å²) in [7, 11) is 1.51. The molecule has 0 spiro atoms. The minimum atomic E-state index is -0.516. The first-order valence-corrected chi connectivity index (χ1v) is 9.18. The van der Waals surface area contributed by atoms with Crippen LogP contribution in [0.5, 0.6) is 11.5 Å². The Morgan fingerprint density at radius 2 is 1.81 bits per heavy atom. The third-order valence-electron chi connectivity index (χ3n) is 3.96.